The first kappa shape index (κ1) is 17.9. The van der Waals surface area contributed by atoms with Gasteiger partial charge in [-0.05, 0) is 30.5 Å². The van der Waals surface area contributed by atoms with Crippen molar-refractivity contribution in [1.82, 2.24) is 4.90 Å². The second-order valence-electron chi connectivity index (χ2n) is 6.27. The zero-order chi connectivity index (χ0) is 17.6. The molecule has 2 N–H and O–H groups in total. The second kappa shape index (κ2) is 8.47. The summed E-state index contributed by atoms with van der Waals surface area (Å²) >= 11 is 1.41. The van der Waals surface area contributed by atoms with Crippen LogP contribution in [0, 0.1) is 0 Å². The van der Waals surface area contributed by atoms with E-state index in [0.29, 0.717) is 25.4 Å². The smallest absolute Gasteiger partial charge is 0.227 e. The first-order chi connectivity index (χ1) is 12.1. The Bertz CT molecular complexity index is 638. The number of ether oxygens (including phenoxy) is 2. The molecular weight excluding hydrogens is 340 g/mol. The Morgan fingerprint density at radius 3 is 2.80 bits per heavy atom. The van der Waals surface area contributed by atoms with Crippen LogP contribution in [-0.4, -0.2) is 48.0 Å². The summed E-state index contributed by atoms with van der Waals surface area (Å²) in [5.41, 5.74) is 6.22. The molecule has 25 heavy (non-hydrogen) atoms. The summed E-state index contributed by atoms with van der Waals surface area (Å²) in [5.74, 6) is 2.21. The fourth-order valence-electron chi connectivity index (χ4n) is 3.27. The Morgan fingerprint density at radius 1 is 1.20 bits per heavy atom. The maximum Gasteiger partial charge on any atom is 0.227 e. The van der Waals surface area contributed by atoms with Gasteiger partial charge in [-0.1, -0.05) is 6.07 Å². The Labute approximate surface area is 152 Å². The van der Waals surface area contributed by atoms with Crippen LogP contribution >= 0.6 is 11.8 Å². The lowest BCUT2D eigenvalue weighted by molar-refractivity contribution is -0.131. The fourth-order valence-corrected chi connectivity index (χ4v) is 3.94. The van der Waals surface area contributed by atoms with Crippen molar-refractivity contribution in [2.45, 2.75) is 31.7 Å². The third-order valence-corrected chi connectivity index (χ3v) is 5.42. The first-order valence-electron chi connectivity index (χ1n) is 8.70. The molecule has 1 aromatic carbocycles. The van der Waals surface area contributed by atoms with Gasteiger partial charge in [-0.3, -0.25) is 9.59 Å². The SMILES string of the molecule is NC(=O)CSCCC(=O)N1CCCC1c1ccc2c(c1)OCCCO2. The molecule has 1 fully saturated rings. The van der Waals surface area contributed by atoms with Crippen LogP contribution in [0.1, 0.15) is 37.3 Å². The number of amides is 2. The number of rotatable bonds is 6. The number of primary amides is 1. The van der Waals surface area contributed by atoms with Gasteiger partial charge in [0.05, 0.1) is 25.0 Å². The van der Waals surface area contributed by atoms with Crippen LogP contribution in [0.25, 0.3) is 0 Å². The summed E-state index contributed by atoms with van der Waals surface area (Å²) in [7, 11) is 0. The minimum absolute atomic E-state index is 0.0887. The van der Waals surface area contributed by atoms with Gasteiger partial charge in [0, 0.05) is 25.1 Å². The third kappa shape index (κ3) is 4.60. The lowest BCUT2D eigenvalue weighted by Crippen LogP contribution is -2.30. The van der Waals surface area contributed by atoms with Crippen molar-refractivity contribution in [3.05, 3.63) is 23.8 Å². The van der Waals surface area contributed by atoms with E-state index in [9.17, 15) is 9.59 Å². The number of hydrogen-bond acceptors (Lipinski definition) is 5. The molecule has 1 atom stereocenters. The molecule has 2 amide bonds. The molecule has 3 rings (SSSR count). The minimum atomic E-state index is -0.344. The van der Waals surface area contributed by atoms with Gasteiger partial charge in [0.2, 0.25) is 11.8 Å². The highest BCUT2D eigenvalue weighted by atomic mass is 32.2. The standard InChI is InChI=1S/C18H24N2O4S/c19-17(21)12-25-10-6-18(22)20-7-1-3-14(20)13-4-5-15-16(11-13)24-9-2-8-23-15/h4-5,11,14H,1-3,6-10,12H2,(H2,19,21). The fraction of sp³-hybridized carbons (Fsp3) is 0.556. The molecular formula is C18H24N2O4S. The topological polar surface area (TPSA) is 81.9 Å². The number of likely N-dealkylation sites (tertiary alicyclic amines) is 1. The van der Waals surface area contributed by atoms with E-state index in [1.54, 1.807) is 0 Å². The van der Waals surface area contributed by atoms with Crippen LogP contribution in [-0.2, 0) is 9.59 Å². The highest BCUT2D eigenvalue weighted by molar-refractivity contribution is 7.99. The molecule has 1 saturated heterocycles. The predicted octanol–water partition coefficient (Wildman–Crippen LogP) is 2.12. The van der Waals surface area contributed by atoms with Gasteiger partial charge in [0.1, 0.15) is 0 Å². The Kier molecular flexibility index (Phi) is 6.07. The number of carbonyl (C=O) groups is 2. The number of carbonyl (C=O) groups excluding carboxylic acids is 2. The highest BCUT2D eigenvalue weighted by Gasteiger charge is 2.30. The highest BCUT2D eigenvalue weighted by Crippen LogP contribution is 2.38. The van der Waals surface area contributed by atoms with Crippen LogP contribution in [0.2, 0.25) is 0 Å². The van der Waals surface area contributed by atoms with Crippen molar-refractivity contribution in [2.75, 3.05) is 31.3 Å². The Hall–Kier alpha value is -1.89. The van der Waals surface area contributed by atoms with Gasteiger partial charge < -0.3 is 20.1 Å². The molecule has 0 aliphatic carbocycles. The van der Waals surface area contributed by atoms with E-state index in [2.05, 4.69) is 0 Å². The number of thioether (sulfide) groups is 1. The molecule has 7 heteroatoms. The van der Waals surface area contributed by atoms with Crippen LogP contribution in [0.5, 0.6) is 11.5 Å². The summed E-state index contributed by atoms with van der Waals surface area (Å²) in [4.78, 5) is 25.3. The molecule has 1 aromatic rings. The summed E-state index contributed by atoms with van der Waals surface area (Å²) in [6.45, 7) is 2.10. The first-order valence-corrected chi connectivity index (χ1v) is 9.85. The quantitative estimate of drug-likeness (QED) is 0.782. The predicted molar refractivity (Wildman–Crippen MR) is 96.9 cm³/mol. The number of fused-ring (bicyclic) bond motifs is 1. The molecule has 1 unspecified atom stereocenters. The summed E-state index contributed by atoms with van der Waals surface area (Å²) in [6.07, 6.45) is 3.26. The monoisotopic (exact) mass is 364 g/mol. The minimum Gasteiger partial charge on any atom is -0.490 e. The number of nitrogens with two attached hydrogens (primary N) is 1. The molecule has 2 aliphatic rings. The van der Waals surface area contributed by atoms with Crippen LogP contribution < -0.4 is 15.2 Å². The second-order valence-corrected chi connectivity index (χ2v) is 7.38. The lowest BCUT2D eigenvalue weighted by Gasteiger charge is -2.25. The molecule has 2 heterocycles. The van der Waals surface area contributed by atoms with Crippen LogP contribution in [0.15, 0.2) is 18.2 Å². The van der Waals surface area contributed by atoms with E-state index >= 15 is 0 Å². The maximum absolute atomic E-state index is 12.6. The van der Waals surface area contributed by atoms with Crippen molar-refractivity contribution in [1.29, 1.82) is 0 Å². The number of nitrogens with zero attached hydrogens (tertiary/aromatic N) is 1. The van der Waals surface area contributed by atoms with Gasteiger partial charge in [-0.25, -0.2) is 0 Å². The average molecular weight is 364 g/mol. The lowest BCUT2D eigenvalue weighted by atomic mass is 10.0. The molecule has 2 aliphatic heterocycles. The molecule has 136 valence electrons. The number of hydrogen-bond donors (Lipinski definition) is 1. The molecule has 0 saturated carbocycles. The summed E-state index contributed by atoms with van der Waals surface area (Å²) in [6, 6.07) is 6.08. The normalized spacial score (nSPS) is 19.5. The van der Waals surface area contributed by atoms with E-state index in [4.69, 9.17) is 15.2 Å². The number of benzene rings is 1. The van der Waals surface area contributed by atoms with Crippen LogP contribution in [0.3, 0.4) is 0 Å². The van der Waals surface area contributed by atoms with Gasteiger partial charge in [0.15, 0.2) is 11.5 Å². The molecule has 0 spiro atoms. The zero-order valence-electron chi connectivity index (χ0n) is 14.2. The van der Waals surface area contributed by atoms with E-state index in [-0.39, 0.29) is 23.6 Å². The van der Waals surface area contributed by atoms with Crippen molar-refractivity contribution >= 4 is 23.6 Å². The summed E-state index contributed by atoms with van der Waals surface area (Å²) in [5, 5.41) is 0. The van der Waals surface area contributed by atoms with Gasteiger partial charge in [-0.2, -0.15) is 11.8 Å². The third-order valence-electron chi connectivity index (χ3n) is 4.43. The van der Waals surface area contributed by atoms with Crippen molar-refractivity contribution in [3.63, 3.8) is 0 Å². The molecule has 6 nitrogen and oxygen atoms in total. The van der Waals surface area contributed by atoms with E-state index in [0.717, 1.165) is 42.9 Å². The van der Waals surface area contributed by atoms with E-state index in [1.807, 2.05) is 23.1 Å². The van der Waals surface area contributed by atoms with E-state index < -0.39 is 0 Å². The van der Waals surface area contributed by atoms with Crippen molar-refractivity contribution < 1.29 is 19.1 Å². The zero-order valence-corrected chi connectivity index (χ0v) is 15.1. The molecule has 0 aromatic heterocycles. The van der Waals surface area contributed by atoms with Gasteiger partial charge in [-0.15, -0.1) is 0 Å². The average Bonchev–Trinajstić information content (AvgIpc) is 2.97. The van der Waals surface area contributed by atoms with Crippen molar-refractivity contribution in [2.24, 2.45) is 5.73 Å². The van der Waals surface area contributed by atoms with Crippen molar-refractivity contribution in [3.8, 4) is 11.5 Å². The van der Waals surface area contributed by atoms with Crippen LogP contribution in [0.4, 0.5) is 0 Å². The van der Waals surface area contributed by atoms with Gasteiger partial charge >= 0.3 is 0 Å². The maximum atomic E-state index is 12.6. The molecule has 0 bridgehead atoms. The largest absolute Gasteiger partial charge is 0.490 e. The molecule has 0 radical (unpaired) electrons. The van der Waals surface area contributed by atoms with Gasteiger partial charge in [0.25, 0.3) is 0 Å². The Morgan fingerprint density at radius 2 is 2.00 bits per heavy atom. The summed E-state index contributed by atoms with van der Waals surface area (Å²) < 4.78 is 11.4. The van der Waals surface area contributed by atoms with E-state index in [1.165, 1.54) is 11.8 Å². The Balaban J connectivity index is 1.64.